The number of benzene rings is 2. The van der Waals surface area contributed by atoms with Crippen LogP contribution in [0.3, 0.4) is 0 Å². The molecular formula is C15H16Cl2N2. The predicted molar refractivity (Wildman–Crippen MR) is 83.6 cm³/mol. The molecule has 100 valence electrons. The minimum atomic E-state index is 0.425. The lowest BCUT2D eigenvalue weighted by Gasteiger charge is -2.09. The van der Waals surface area contributed by atoms with E-state index in [-0.39, 0.29) is 0 Å². The molecular weight excluding hydrogens is 279 g/mol. The van der Waals surface area contributed by atoms with Gasteiger partial charge < -0.3 is 11.5 Å². The first-order valence-corrected chi connectivity index (χ1v) is 7.07. The van der Waals surface area contributed by atoms with Crippen LogP contribution in [-0.4, -0.2) is 0 Å². The van der Waals surface area contributed by atoms with Crippen molar-refractivity contribution < 1.29 is 0 Å². The molecule has 2 aromatic rings. The van der Waals surface area contributed by atoms with Crippen molar-refractivity contribution in [3.8, 4) is 0 Å². The summed E-state index contributed by atoms with van der Waals surface area (Å²) in [5.41, 5.74) is 17.4. The quantitative estimate of drug-likeness (QED) is 0.663. The molecule has 0 aliphatic heterocycles. The molecule has 4 N–H and O–H groups in total. The zero-order chi connectivity index (χ0) is 13.8. The Bertz CT molecular complexity index is 531. The molecule has 4 heteroatoms. The van der Waals surface area contributed by atoms with Gasteiger partial charge in [0.05, 0.1) is 0 Å². The maximum atomic E-state index is 5.86. The van der Waals surface area contributed by atoms with Crippen LogP contribution in [0.4, 0.5) is 11.4 Å². The maximum Gasteiger partial charge on any atom is 0.0494 e. The molecule has 0 bridgehead atoms. The van der Waals surface area contributed by atoms with E-state index in [1.165, 1.54) is 11.1 Å². The zero-order valence-corrected chi connectivity index (χ0v) is 12.0. The fourth-order valence-corrected chi connectivity index (χ4v) is 2.47. The van der Waals surface area contributed by atoms with Crippen LogP contribution in [0.25, 0.3) is 0 Å². The summed E-state index contributed by atoms with van der Waals surface area (Å²) in [7, 11) is 0. The second kappa shape index (κ2) is 6.18. The first-order valence-electron chi connectivity index (χ1n) is 6.00. The van der Waals surface area contributed by atoms with Crippen LogP contribution in [0.2, 0.25) is 0 Å². The van der Waals surface area contributed by atoms with Crippen molar-refractivity contribution in [3.63, 3.8) is 0 Å². The van der Waals surface area contributed by atoms with Gasteiger partial charge in [-0.1, -0.05) is 24.3 Å². The van der Waals surface area contributed by atoms with Gasteiger partial charge in [0.2, 0.25) is 0 Å². The molecule has 2 aromatic carbocycles. The van der Waals surface area contributed by atoms with Crippen molar-refractivity contribution in [3.05, 3.63) is 58.7 Å². The van der Waals surface area contributed by atoms with Crippen LogP contribution in [0.1, 0.15) is 22.3 Å². The number of hydrogen-bond donors (Lipinski definition) is 2. The maximum absolute atomic E-state index is 5.86. The second-order valence-corrected chi connectivity index (χ2v) is 5.04. The predicted octanol–water partition coefficient (Wildman–Crippen LogP) is 3.92. The molecule has 0 saturated heterocycles. The molecule has 0 unspecified atom stereocenters. The van der Waals surface area contributed by atoms with E-state index in [0.29, 0.717) is 11.8 Å². The van der Waals surface area contributed by atoms with E-state index in [0.717, 1.165) is 28.9 Å². The van der Waals surface area contributed by atoms with Gasteiger partial charge in [0.1, 0.15) is 0 Å². The summed E-state index contributed by atoms with van der Waals surface area (Å²) in [6.45, 7) is 0. The van der Waals surface area contributed by atoms with E-state index < -0.39 is 0 Å². The van der Waals surface area contributed by atoms with Gasteiger partial charge >= 0.3 is 0 Å². The first-order chi connectivity index (χ1) is 9.13. The molecule has 0 aromatic heterocycles. The Labute approximate surface area is 123 Å². The summed E-state index contributed by atoms with van der Waals surface area (Å²) < 4.78 is 0. The molecule has 2 nitrogen and oxygen atoms in total. The highest BCUT2D eigenvalue weighted by molar-refractivity contribution is 6.17. The van der Waals surface area contributed by atoms with Crippen LogP contribution >= 0.6 is 23.2 Å². The van der Waals surface area contributed by atoms with E-state index in [9.17, 15) is 0 Å². The Hall–Kier alpha value is -1.38. The molecule has 0 fully saturated rings. The smallest absolute Gasteiger partial charge is 0.0494 e. The van der Waals surface area contributed by atoms with Crippen molar-refractivity contribution >= 4 is 34.6 Å². The summed E-state index contributed by atoms with van der Waals surface area (Å²) >= 11 is 11.7. The highest BCUT2D eigenvalue weighted by atomic mass is 35.5. The Balaban J connectivity index is 2.25. The SMILES string of the molecule is Nc1ccc(Cc2ccc(N)c(CCl)c2)cc1CCl. The van der Waals surface area contributed by atoms with Crippen LogP contribution in [0.15, 0.2) is 36.4 Å². The van der Waals surface area contributed by atoms with E-state index in [1.54, 1.807) is 0 Å². The van der Waals surface area contributed by atoms with Crippen molar-refractivity contribution in [2.45, 2.75) is 18.2 Å². The summed E-state index contributed by atoms with van der Waals surface area (Å²) in [6, 6.07) is 11.9. The third-order valence-corrected chi connectivity index (χ3v) is 3.69. The fraction of sp³-hybridized carbons (Fsp3) is 0.200. The van der Waals surface area contributed by atoms with Gasteiger partial charge in [0.25, 0.3) is 0 Å². The third-order valence-electron chi connectivity index (χ3n) is 3.11. The summed E-state index contributed by atoms with van der Waals surface area (Å²) in [5, 5.41) is 0. The summed E-state index contributed by atoms with van der Waals surface area (Å²) in [4.78, 5) is 0. The summed E-state index contributed by atoms with van der Waals surface area (Å²) in [5.74, 6) is 0.850. The monoisotopic (exact) mass is 294 g/mol. The molecule has 0 radical (unpaired) electrons. The van der Waals surface area contributed by atoms with Gasteiger partial charge in [-0.3, -0.25) is 0 Å². The number of nitrogen functional groups attached to an aromatic ring is 2. The molecule has 0 spiro atoms. The van der Waals surface area contributed by atoms with Gasteiger partial charge in [0, 0.05) is 23.1 Å². The molecule has 0 heterocycles. The first kappa shape index (κ1) is 14.0. The standard InChI is InChI=1S/C15H16Cl2N2/c16-8-12-6-10(1-3-14(12)18)5-11-2-4-15(19)13(7-11)9-17/h1-4,6-7H,5,8-9,18-19H2. The van der Waals surface area contributed by atoms with Gasteiger partial charge in [0.15, 0.2) is 0 Å². The minimum Gasteiger partial charge on any atom is -0.398 e. The number of rotatable bonds is 4. The molecule has 0 atom stereocenters. The van der Waals surface area contributed by atoms with E-state index in [1.807, 2.05) is 36.4 Å². The van der Waals surface area contributed by atoms with Gasteiger partial charge in [-0.05, 0) is 40.8 Å². The molecule has 0 amide bonds. The van der Waals surface area contributed by atoms with Crippen molar-refractivity contribution in [1.82, 2.24) is 0 Å². The third kappa shape index (κ3) is 3.34. The molecule has 2 rings (SSSR count). The molecule has 19 heavy (non-hydrogen) atoms. The topological polar surface area (TPSA) is 52.0 Å². The average Bonchev–Trinajstić information content (AvgIpc) is 2.43. The number of alkyl halides is 2. The molecule has 0 saturated carbocycles. The van der Waals surface area contributed by atoms with E-state index in [4.69, 9.17) is 34.7 Å². The van der Waals surface area contributed by atoms with Crippen LogP contribution in [0, 0.1) is 0 Å². The van der Waals surface area contributed by atoms with Gasteiger partial charge in [-0.2, -0.15) is 0 Å². The fourth-order valence-electron chi connectivity index (χ4n) is 2.01. The Morgan fingerprint density at radius 1 is 0.737 bits per heavy atom. The Morgan fingerprint density at radius 2 is 1.16 bits per heavy atom. The van der Waals surface area contributed by atoms with Crippen molar-refractivity contribution in [2.75, 3.05) is 11.5 Å². The lowest BCUT2D eigenvalue weighted by Crippen LogP contribution is -1.97. The zero-order valence-electron chi connectivity index (χ0n) is 10.5. The van der Waals surface area contributed by atoms with Crippen molar-refractivity contribution in [2.24, 2.45) is 0 Å². The normalized spacial score (nSPS) is 10.6. The van der Waals surface area contributed by atoms with E-state index >= 15 is 0 Å². The highest BCUT2D eigenvalue weighted by Crippen LogP contribution is 2.21. The number of nitrogens with two attached hydrogens (primary N) is 2. The van der Waals surface area contributed by atoms with Crippen LogP contribution in [-0.2, 0) is 18.2 Å². The van der Waals surface area contributed by atoms with Gasteiger partial charge in [-0.25, -0.2) is 0 Å². The number of hydrogen-bond acceptors (Lipinski definition) is 2. The van der Waals surface area contributed by atoms with Crippen LogP contribution in [0.5, 0.6) is 0 Å². The highest BCUT2D eigenvalue weighted by Gasteiger charge is 2.04. The Morgan fingerprint density at radius 3 is 1.53 bits per heavy atom. The number of halogens is 2. The van der Waals surface area contributed by atoms with E-state index in [2.05, 4.69) is 0 Å². The second-order valence-electron chi connectivity index (χ2n) is 4.51. The van der Waals surface area contributed by atoms with Gasteiger partial charge in [-0.15, -0.1) is 23.2 Å². The van der Waals surface area contributed by atoms with Crippen molar-refractivity contribution in [1.29, 1.82) is 0 Å². The summed E-state index contributed by atoms with van der Waals surface area (Å²) in [6.07, 6.45) is 0.814. The largest absolute Gasteiger partial charge is 0.398 e. The average molecular weight is 295 g/mol. The Kier molecular flexibility index (Phi) is 4.56. The molecule has 0 aliphatic rings. The minimum absolute atomic E-state index is 0.425. The van der Waals surface area contributed by atoms with Crippen LogP contribution < -0.4 is 11.5 Å². The lowest BCUT2D eigenvalue weighted by molar-refractivity contribution is 1.17. The molecule has 0 aliphatic carbocycles. The number of anilines is 2. The lowest BCUT2D eigenvalue weighted by atomic mass is 10.0.